The van der Waals surface area contributed by atoms with E-state index < -0.39 is 20.9 Å². The second kappa shape index (κ2) is 14.2. The molecule has 2 N–H and O–H groups in total. The molecule has 210 valence electrons. The van der Waals surface area contributed by atoms with Gasteiger partial charge in [-0.05, 0) is 37.8 Å². The van der Waals surface area contributed by atoms with Crippen molar-refractivity contribution in [3.63, 3.8) is 0 Å². The minimum atomic E-state index is -3.32. The van der Waals surface area contributed by atoms with E-state index in [0.29, 0.717) is 30.9 Å². The maximum atomic E-state index is 13.4. The lowest BCUT2D eigenvalue weighted by Crippen LogP contribution is -2.48. The Labute approximate surface area is 225 Å². The van der Waals surface area contributed by atoms with E-state index in [9.17, 15) is 18.0 Å². The van der Waals surface area contributed by atoms with Gasteiger partial charge in [0.25, 0.3) is 10.9 Å². The average Bonchev–Trinajstić information content (AvgIpc) is 2.95. The molecule has 0 amide bonds. The lowest BCUT2D eigenvalue weighted by molar-refractivity contribution is 0.0348. The molecule has 1 aromatic heterocycles. The van der Waals surface area contributed by atoms with Crippen LogP contribution in [0, 0.1) is 0 Å². The predicted molar refractivity (Wildman–Crippen MR) is 150 cm³/mol. The van der Waals surface area contributed by atoms with Gasteiger partial charge in [-0.2, -0.15) is 4.31 Å². The molecular weight excluding hydrogens is 506 g/mol. The number of unbranched alkanes of at least 4 members (excludes halogenated alkanes) is 3. The van der Waals surface area contributed by atoms with Gasteiger partial charge in [-0.25, -0.2) is 8.42 Å². The third-order valence-electron chi connectivity index (χ3n) is 7.57. The lowest BCUT2D eigenvalue weighted by Gasteiger charge is -2.35. The molecule has 0 spiro atoms. The highest BCUT2D eigenvalue weighted by Gasteiger charge is 2.31. The first kappa shape index (κ1) is 28.7. The van der Waals surface area contributed by atoms with Crippen LogP contribution in [0.1, 0.15) is 57.8 Å². The van der Waals surface area contributed by atoms with Crippen LogP contribution in [0.15, 0.2) is 34.1 Å². The van der Waals surface area contributed by atoms with Gasteiger partial charge in [0.15, 0.2) is 0 Å². The first-order valence-corrected chi connectivity index (χ1v) is 15.6. The summed E-state index contributed by atoms with van der Waals surface area (Å²) >= 11 is 0. The molecule has 2 heterocycles. The molecule has 1 saturated carbocycles. The van der Waals surface area contributed by atoms with Crippen LogP contribution in [0.5, 0.6) is 0 Å². The quantitative estimate of drug-likeness (QED) is 0.256. The van der Waals surface area contributed by atoms with Crippen LogP contribution in [0.2, 0.25) is 0 Å². The van der Waals surface area contributed by atoms with Gasteiger partial charge in [0.05, 0.1) is 19.0 Å². The molecule has 2 fully saturated rings. The number of nitrogens with one attached hydrogen (secondary N) is 2. The van der Waals surface area contributed by atoms with E-state index in [-0.39, 0.29) is 17.5 Å². The Bertz CT molecular complexity index is 1170. The number of rotatable bonds is 15. The van der Waals surface area contributed by atoms with Crippen LogP contribution < -0.4 is 21.5 Å². The molecule has 11 heteroatoms. The number of sulfonamides is 1. The number of hydrogen-bond acceptors (Lipinski definition) is 9. The van der Waals surface area contributed by atoms with Crippen molar-refractivity contribution in [3.8, 4) is 0 Å². The molecule has 0 bridgehead atoms. The van der Waals surface area contributed by atoms with E-state index in [2.05, 4.69) is 20.5 Å². The van der Waals surface area contributed by atoms with Crippen molar-refractivity contribution in [2.24, 2.45) is 0 Å². The number of aromatic nitrogens is 1. The Morgan fingerprint density at radius 2 is 1.63 bits per heavy atom. The van der Waals surface area contributed by atoms with Gasteiger partial charge in [-0.3, -0.25) is 19.5 Å². The zero-order valence-corrected chi connectivity index (χ0v) is 23.0. The van der Waals surface area contributed by atoms with E-state index in [1.165, 1.54) is 6.42 Å². The summed E-state index contributed by atoms with van der Waals surface area (Å²) in [4.78, 5) is 30.2. The molecule has 2 aromatic rings. The lowest BCUT2D eigenvalue weighted by atomic mass is 9.95. The fourth-order valence-electron chi connectivity index (χ4n) is 5.34. The van der Waals surface area contributed by atoms with Gasteiger partial charge < -0.3 is 15.4 Å². The summed E-state index contributed by atoms with van der Waals surface area (Å²) < 4.78 is 34.0. The highest BCUT2D eigenvalue weighted by Crippen LogP contribution is 2.26. The number of pyridine rings is 1. The fraction of sp³-hybridized carbons (Fsp3) is 0.667. The van der Waals surface area contributed by atoms with Crippen molar-refractivity contribution >= 4 is 27.1 Å². The van der Waals surface area contributed by atoms with E-state index >= 15 is 0 Å². The van der Waals surface area contributed by atoms with Crippen molar-refractivity contribution in [2.75, 3.05) is 62.3 Å². The molecule has 0 atom stereocenters. The number of ether oxygens (including phenoxy) is 1. The van der Waals surface area contributed by atoms with Crippen molar-refractivity contribution in [1.82, 2.24) is 14.2 Å². The summed E-state index contributed by atoms with van der Waals surface area (Å²) in [6.45, 7) is 5.05. The molecule has 4 rings (SSSR count). The van der Waals surface area contributed by atoms with Crippen LogP contribution >= 0.6 is 0 Å². The van der Waals surface area contributed by atoms with Crippen LogP contribution in [0.4, 0.5) is 17.1 Å². The Balaban J connectivity index is 1.19. The summed E-state index contributed by atoms with van der Waals surface area (Å²) in [6, 6.07) is 3.59. The van der Waals surface area contributed by atoms with Crippen LogP contribution in [-0.2, 0) is 14.8 Å². The minimum absolute atomic E-state index is 0.130. The van der Waals surface area contributed by atoms with Gasteiger partial charge in [-0.15, -0.1) is 0 Å². The predicted octanol–water partition coefficient (Wildman–Crippen LogP) is 2.69. The van der Waals surface area contributed by atoms with E-state index in [1.54, 1.807) is 24.5 Å². The van der Waals surface area contributed by atoms with Gasteiger partial charge in [-0.1, -0.05) is 32.1 Å². The van der Waals surface area contributed by atoms with Crippen molar-refractivity contribution in [3.05, 3.63) is 45.0 Å². The molecule has 38 heavy (non-hydrogen) atoms. The summed E-state index contributed by atoms with van der Waals surface area (Å²) in [5, 5.41) is 6.06. The molecule has 10 nitrogen and oxygen atoms in total. The zero-order chi connectivity index (χ0) is 26.8. The molecule has 2 aliphatic rings. The molecule has 1 aliphatic carbocycles. The zero-order valence-electron chi connectivity index (χ0n) is 22.2. The molecule has 1 aliphatic heterocycles. The van der Waals surface area contributed by atoms with Crippen molar-refractivity contribution < 1.29 is 13.2 Å². The van der Waals surface area contributed by atoms with Crippen LogP contribution in [0.3, 0.4) is 0 Å². The van der Waals surface area contributed by atoms with Crippen LogP contribution in [0.25, 0.3) is 0 Å². The number of anilines is 3. The average molecular weight is 548 g/mol. The first-order chi connectivity index (χ1) is 18.5. The molecule has 0 radical (unpaired) electrons. The first-order valence-electron chi connectivity index (χ1n) is 14.0. The maximum Gasteiger partial charge on any atom is 0.253 e. The third kappa shape index (κ3) is 7.84. The van der Waals surface area contributed by atoms with Crippen molar-refractivity contribution in [1.29, 1.82) is 0 Å². The molecule has 1 aromatic carbocycles. The van der Waals surface area contributed by atoms with Gasteiger partial charge in [0, 0.05) is 56.8 Å². The van der Waals surface area contributed by atoms with Gasteiger partial charge in [0.2, 0.25) is 10.0 Å². The Hall–Kier alpha value is -2.34. The summed E-state index contributed by atoms with van der Waals surface area (Å²) in [5.41, 5.74) is 0.270. The highest BCUT2D eigenvalue weighted by atomic mass is 32.2. The normalized spacial score (nSPS) is 17.7. The molecule has 0 unspecified atom stereocenters. The highest BCUT2D eigenvalue weighted by molar-refractivity contribution is 7.89. The minimum Gasteiger partial charge on any atom is -0.380 e. The van der Waals surface area contributed by atoms with E-state index in [0.717, 1.165) is 77.8 Å². The Morgan fingerprint density at radius 1 is 0.947 bits per heavy atom. The second-order valence-corrected chi connectivity index (χ2v) is 12.3. The smallest absolute Gasteiger partial charge is 0.253 e. The van der Waals surface area contributed by atoms with Gasteiger partial charge >= 0.3 is 0 Å². The fourth-order valence-corrected chi connectivity index (χ4v) is 7.16. The topological polar surface area (TPSA) is 121 Å². The molecular formula is C27H41N5O5S. The third-order valence-corrected chi connectivity index (χ3v) is 9.57. The Morgan fingerprint density at radius 3 is 2.37 bits per heavy atom. The number of hydrogen-bond donors (Lipinski definition) is 2. The number of morpholine rings is 1. The monoisotopic (exact) mass is 547 g/mol. The maximum absolute atomic E-state index is 13.4. The standard InChI is InChI=1S/C27H41N5O5S/c33-26-24(25(27(26)34)30-22-10-13-28-14-11-22)29-12-6-1-2-7-21-38(35,36)32(23-8-4-3-5-9-23)16-15-31-17-19-37-20-18-31/h10-11,13-14,23,29H,1-9,12,15-21H2,(H,28,30). The van der Waals surface area contributed by atoms with Crippen molar-refractivity contribution in [2.45, 2.75) is 63.8 Å². The summed E-state index contributed by atoms with van der Waals surface area (Å²) in [7, 11) is -3.32. The summed E-state index contributed by atoms with van der Waals surface area (Å²) in [6.07, 6.45) is 11.6. The van der Waals surface area contributed by atoms with Crippen LogP contribution in [-0.4, -0.2) is 80.3 Å². The SMILES string of the molecule is O=c1c(NCCCCCCS(=O)(=O)N(CCN2CCOCC2)C2CCCCC2)c(Nc2ccncc2)c1=O. The number of nitrogens with zero attached hydrogens (tertiary/aromatic N) is 3. The van der Waals surface area contributed by atoms with E-state index in [4.69, 9.17) is 4.74 Å². The van der Waals surface area contributed by atoms with Gasteiger partial charge in [0.1, 0.15) is 11.4 Å². The second-order valence-electron chi connectivity index (χ2n) is 10.3. The van der Waals surface area contributed by atoms with E-state index in [1.807, 2.05) is 4.31 Å². The Kier molecular flexibility index (Phi) is 10.7. The largest absolute Gasteiger partial charge is 0.380 e. The summed E-state index contributed by atoms with van der Waals surface area (Å²) in [5.74, 6) is 0.179. The molecule has 1 saturated heterocycles.